The Bertz CT molecular complexity index is 582. The largest absolute Gasteiger partial charge is 0.328 e. The second kappa shape index (κ2) is 5.91. The lowest BCUT2D eigenvalue weighted by Gasteiger charge is -2.40. The number of nitrogens with two attached hydrogens (primary N) is 1. The van der Waals surface area contributed by atoms with Crippen LogP contribution in [0.2, 0.25) is 0 Å². The molecule has 0 aliphatic carbocycles. The number of tetrazole rings is 1. The predicted octanol–water partition coefficient (Wildman–Crippen LogP) is 1.53. The normalized spacial score (nSPS) is 24.9. The van der Waals surface area contributed by atoms with Gasteiger partial charge in [0.15, 0.2) is 0 Å². The maximum Gasteiger partial charge on any atom is 0.143 e. The molecule has 3 rings (SSSR count). The summed E-state index contributed by atoms with van der Waals surface area (Å²) in [5.41, 5.74) is 8.34. The summed E-state index contributed by atoms with van der Waals surface area (Å²) in [6.07, 6.45) is 3.75. The van der Waals surface area contributed by atoms with Crippen LogP contribution in [0.15, 0.2) is 30.6 Å². The van der Waals surface area contributed by atoms with Crippen molar-refractivity contribution in [3.05, 3.63) is 36.2 Å². The smallest absolute Gasteiger partial charge is 0.143 e. The van der Waals surface area contributed by atoms with Crippen LogP contribution in [0.5, 0.6) is 0 Å². The van der Waals surface area contributed by atoms with Crippen molar-refractivity contribution in [3.8, 4) is 5.69 Å². The van der Waals surface area contributed by atoms with E-state index in [9.17, 15) is 0 Å². The van der Waals surface area contributed by atoms with E-state index in [1.807, 2.05) is 6.07 Å². The molecule has 2 N–H and O–H groups in total. The van der Waals surface area contributed by atoms with Gasteiger partial charge in [0.2, 0.25) is 0 Å². The number of piperidine rings is 1. The zero-order chi connectivity index (χ0) is 14.8. The summed E-state index contributed by atoms with van der Waals surface area (Å²) in [6.45, 7) is 5.57. The quantitative estimate of drug-likeness (QED) is 0.926. The van der Waals surface area contributed by atoms with Crippen molar-refractivity contribution in [2.24, 2.45) is 5.73 Å². The number of benzene rings is 1. The lowest BCUT2D eigenvalue weighted by molar-refractivity contribution is 0.104. The van der Waals surface area contributed by atoms with E-state index >= 15 is 0 Å². The molecule has 6 nitrogen and oxygen atoms in total. The first-order valence-electron chi connectivity index (χ1n) is 7.50. The van der Waals surface area contributed by atoms with Gasteiger partial charge in [0.1, 0.15) is 6.33 Å². The molecule has 21 heavy (non-hydrogen) atoms. The SMILES string of the molecule is CC1CC(N)CCN1C(C)c1cccc(-n2cnnn2)c1. The predicted molar refractivity (Wildman–Crippen MR) is 80.9 cm³/mol. The molecule has 112 valence electrons. The molecule has 1 saturated heterocycles. The van der Waals surface area contributed by atoms with Crippen LogP contribution in [-0.2, 0) is 0 Å². The zero-order valence-corrected chi connectivity index (χ0v) is 12.6. The molecule has 1 aliphatic rings. The summed E-state index contributed by atoms with van der Waals surface area (Å²) in [4.78, 5) is 2.53. The fourth-order valence-electron chi connectivity index (χ4n) is 3.20. The highest BCUT2D eigenvalue weighted by molar-refractivity contribution is 5.35. The number of rotatable bonds is 3. The van der Waals surface area contributed by atoms with Crippen molar-refractivity contribution in [3.63, 3.8) is 0 Å². The third kappa shape index (κ3) is 2.96. The summed E-state index contributed by atoms with van der Waals surface area (Å²) in [6, 6.07) is 9.62. The topological polar surface area (TPSA) is 72.9 Å². The minimum atomic E-state index is 0.344. The molecule has 0 amide bonds. The van der Waals surface area contributed by atoms with Crippen molar-refractivity contribution in [2.75, 3.05) is 6.54 Å². The van der Waals surface area contributed by atoms with Gasteiger partial charge in [0, 0.05) is 24.7 Å². The lowest BCUT2D eigenvalue weighted by Crippen LogP contribution is -2.46. The van der Waals surface area contributed by atoms with E-state index < -0.39 is 0 Å². The van der Waals surface area contributed by atoms with Gasteiger partial charge in [-0.25, -0.2) is 4.68 Å². The van der Waals surface area contributed by atoms with E-state index in [1.54, 1.807) is 11.0 Å². The summed E-state index contributed by atoms with van der Waals surface area (Å²) in [5.74, 6) is 0. The first kappa shape index (κ1) is 14.2. The molecule has 3 atom stereocenters. The standard InChI is InChI=1S/C15H22N6/c1-11-8-14(16)6-7-20(11)12(2)13-4-3-5-15(9-13)21-10-17-18-19-21/h3-5,9-12,14H,6-8,16H2,1-2H3. The van der Waals surface area contributed by atoms with Crippen LogP contribution in [0.1, 0.15) is 38.3 Å². The Kier molecular flexibility index (Phi) is 3.98. The molecule has 0 bridgehead atoms. The zero-order valence-electron chi connectivity index (χ0n) is 12.6. The fraction of sp³-hybridized carbons (Fsp3) is 0.533. The maximum atomic E-state index is 6.06. The van der Waals surface area contributed by atoms with Crippen LogP contribution in [0.3, 0.4) is 0 Å². The third-order valence-electron chi connectivity index (χ3n) is 4.43. The number of likely N-dealkylation sites (tertiary alicyclic amines) is 1. The number of hydrogen-bond acceptors (Lipinski definition) is 5. The first-order chi connectivity index (χ1) is 10.1. The second-order valence-electron chi connectivity index (χ2n) is 5.90. The highest BCUT2D eigenvalue weighted by Gasteiger charge is 2.27. The van der Waals surface area contributed by atoms with Crippen LogP contribution >= 0.6 is 0 Å². The molecular formula is C15H22N6. The van der Waals surface area contributed by atoms with Crippen LogP contribution in [0, 0.1) is 0 Å². The third-order valence-corrected chi connectivity index (χ3v) is 4.43. The maximum absolute atomic E-state index is 6.06. The molecular weight excluding hydrogens is 264 g/mol. The van der Waals surface area contributed by atoms with E-state index in [4.69, 9.17) is 5.73 Å². The number of hydrogen-bond donors (Lipinski definition) is 1. The lowest BCUT2D eigenvalue weighted by atomic mass is 9.95. The van der Waals surface area contributed by atoms with Crippen LogP contribution in [0.25, 0.3) is 5.69 Å². The van der Waals surface area contributed by atoms with Crippen LogP contribution in [-0.4, -0.2) is 43.7 Å². The fourth-order valence-corrected chi connectivity index (χ4v) is 3.20. The van der Waals surface area contributed by atoms with Gasteiger partial charge < -0.3 is 5.73 Å². The monoisotopic (exact) mass is 286 g/mol. The summed E-state index contributed by atoms with van der Waals surface area (Å²) < 4.78 is 1.69. The molecule has 1 aromatic carbocycles. The molecule has 3 unspecified atom stereocenters. The highest BCUT2D eigenvalue weighted by Crippen LogP contribution is 2.28. The van der Waals surface area contributed by atoms with E-state index in [-0.39, 0.29) is 0 Å². The van der Waals surface area contributed by atoms with Gasteiger partial charge in [0.05, 0.1) is 5.69 Å². The van der Waals surface area contributed by atoms with Gasteiger partial charge in [-0.15, -0.1) is 5.10 Å². The molecule has 0 radical (unpaired) electrons. The first-order valence-corrected chi connectivity index (χ1v) is 7.50. The van der Waals surface area contributed by atoms with Gasteiger partial charge >= 0.3 is 0 Å². The van der Waals surface area contributed by atoms with Gasteiger partial charge in [0.25, 0.3) is 0 Å². The second-order valence-corrected chi connectivity index (χ2v) is 5.90. The van der Waals surface area contributed by atoms with Crippen molar-refractivity contribution in [1.82, 2.24) is 25.1 Å². The van der Waals surface area contributed by atoms with E-state index in [1.165, 1.54) is 5.56 Å². The average molecular weight is 286 g/mol. The number of nitrogens with zero attached hydrogens (tertiary/aromatic N) is 5. The Morgan fingerprint density at radius 2 is 2.24 bits per heavy atom. The average Bonchev–Trinajstić information content (AvgIpc) is 3.01. The number of aromatic nitrogens is 4. The van der Waals surface area contributed by atoms with Crippen molar-refractivity contribution >= 4 is 0 Å². The Morgan fingerprint density at radius 3 is 2.95 bits per heavy atom. The summed E-state index contributed by atoms with van der Waals surface area (Å²) in [5, 5.41) is 11.3. The minimum Gasteiger partial charge on any atom is -0.328 e. The molecule has 2 heterocycles. The molecule has 1 fully saturated rings. The minimum absolute atomic E-state index is 0.344. The van der Waals surface area contributed by atoms with Gasteiger partial charge in [-0.3, -0.25) is 4.90 Å². The van der Waals surface area contributed by atoms with Gasteiger partial charge in [-0.05, 0) is 54.8 Å². The highest BCUT2D eigenvalue weighted by atomic mass is 15.5. The Hall–Kier alpha value is -1.79. The Balaban J connectivity index is 1.81. The van der Waals surface area contributed by atoms with E-state index in [2.05, 4.69) is 52.5 Å². The van der Waals surface area contributed by atoms with Gasteiger partial charge in [-0.2, -0.15) is 0 Å². The Labute approximate surface area is 124 Å². The van der Waals surface area contributed by atoms with Gasteiger partial charge in [-0.1, -0.05) is 12.1 Å². The molecule has 6 heteroatoms. The Morgan fingerprint density at radius 1 is 1.38 bits per heavy atom. The van der Waals surface area contributed by atoms with Crippen molar-refractivity contribution < 1.29 is 0 Å². The summed E-state index contributed by atoms with van der Waals surface area (Å²) in [7, 11) is 0. The molecule has 0 spiro atoms. The van der Waals surface area contributed by atoms with Crippen LogP contribution < -0.4 is 5.73 Å². The molecule has 1 aliphatic heterocycles. The van der Waals surface area contributed by atoms with E-state index in [0.29, 0.717) is 18.1 Å². The van der Waals surface area contributed by atoms with Crippen LogP contribution in [0.4, 0.5) is 0 Å². The molecule has 0 saturated carbocycles. The van der Waals surface area contributed by atoms with Crippen molar-refractivity contribution in [2.45, 2.75) is 44.8 Å². The summed E-state index contributed by atoms with van der Waals surface area (Å²) >= 11 is 0. The molecule has 1 aromatic heterocycles. The van der Waals surface area contributed by atoms with Crippen molar-refractivity contribution in [1.29, 1.82) is 0 Å². The molecule has 2 aromatic rings. The van der Waals surface area contributed by atoms with E-state index in [0.717, 1.165) is 25.1 Å².